The average Bonchev–Trinajstić information content (AvgIpc) is 1.11. The Bertz CT molecular complexity index is 5240. The van der Waals surface area contributed by atoms with E-state index in [0.29, 0.717) is 17.5 Å². The third-order valence-corrected chi connectivity index (χ3v) is 19.2. The molecule has 2 aromatic heterocycles. The van der Waals surface area contributed by atoms with Crippen LogP contribution in [-0.4, -0.2) is 26.2 Å². The highest BCUT2D eigenvalue weighted by Crippen LogP contribution is 2.53. The molecule has 6 nitrogen and oxygen atoms in total. The lowest BCUT2D eigenvalue weighted by Gasteiger charge is -2.44. The Morgan fingerprint density at radius 2 is 0.758 bits per heavy atom. The van der Waals surface area contributed by atoms with Crippen LogP contribution in [0.25, 0.3) is 106 Å². The molecule has 3 aliphatic rings. The van der Waals surface area contributed by atoms with Crippen molar-refractivity contribution >= 4 is 79.0 Å². The van der Waals surface area contributed by atoms with Gasteiger partial charge in [-0.3, -0.25) is 0 Å². The van der Waals surface area contributed by atoms with E-state index in [4.69, 9.17) is 15.0 Å². The number of fused-ring (bicyclic) bond motifs is 10. The maximum atomic E-state index is 5.45. The fourth-order valence-electron chi connectivity index (χ4n) is 15.0. The molecule has 0 saturated heterocycles. The molecular formula is C84H57BN6. The monoisotopic (exact) mass is 1160 g/mol. The van der Waals surface area contributed by atoms with Gasteiger partial charge in [-0.15, -0.1) is 0 Å². The van der Waals surface area contributed by atoms with E-state index in [1.165, 1.54) is 72.2 Å². The highest BCUT2D eigenvalue weighted by Gasteiger charge is 2.44. The van der Waals surface area contributed by atoms with Crippen LogP contribution < -0.4 is 26.2 Å². The van der Waals surface area contributed by atoms with Crippen LogP contribution in [0, 0.1) is 0 Å². The van der Waals surface area contributed by atoms with E-state index in [1.54, 1.807) is 0 Å². The van der Waals surface area contributed by atoms with E-state index < -0.39 is 0 Å². The van der Waals surface area contributed by atoms with Crippen LogP contribution in [0.4, 0.5) is 34.1 Å². The summed E-state index contributed by atoms with van der Waals surface area (Å²) in [4.78, 5) is 21.0. The summed E-state index contributed by atoms with van der Waals surface area (Å²) in [6, 6.07) is 113. The highest BCUT2D eigenvalue weighted by molar-refractivity contribution is 7.00. The van der Waals surface area contributed by atoms with Crippen molar-refractivity contribution in [1.82, 2.24) is 19.5 Å². The first-order valence-corrected chi connectivity index (χ1v) is 31.4. The van der Waals surface area contributed by atoms with Crippen molar-refractivity contribution in [3.8, 4) is 84.4 Å². The lowest BCUT2D eigenvalue weighted by Crippen LogP contribution is -2.61. The van der Waals surface area contributed by atoms with Crippen LogP contribution >= 0.6 is 0 Å². The van der Waals surface area contributed by atoms with Gasteiger partial charge in [0.2, 0.25) is 0 Å². The third-order valence-electron chi connectivity index (χ3n) is 19.2. The van der Waals surface area contributed by atoms with Gasteiger partial charge in [-0.25, -0.2) is 15.0 Å². The molecule has 0 N–H and O–H groups in total. The Kier molecular flexibility index (Phi) is 11.9. The Morgan fingerprint density at radius 1 is 0.297 bits per heavy atom. The fraction of sp³-hybridized carbons (Fsp3) is 0.0357. The molecule has 1 aliphatic carbocycles. The first-order chi connectivity index (χ1) is 44.9. The Morgan fingerprint density at radius 3 is 1.38 bits per heavy atom. The van der Waals surface area contributed by atoms with Gasteiger partial charge < -0.3 is 14.4 Å². The van der Waals surface area contributed by atoms with E-state index in [9.17, 15) is 0 Å². The quantitative estimate of drug-likeness (QED) is 0.135. The lowest BCUT2D eigenvalue weighted by molar-refractivity contribution is 0.661. The summed E-state index contributed by atoms with van der Waals surface area (Å²) in [5.74, 6) is 1.81. The second-order valence-corrected chi connectivity index (χ2v) is 24.7. The number of para-hydroxylation sites is 6. The second-order valence-electron chi connectivity index (χ2n) is 24.7. The van der Waals surface area contributed by atoms with Gasteiger partial charge in [-0.05, 0) is 151 Å². The zero-order valence-corrected chi connectivity index (χ0v) is 50.2. The predicted octanol–water partition coefficient (Wildman–Crippen LogP) is 19.4. The summed E-state index contributed by atoms with van der Waals surface area (Å²) in [7, 11) is 0. The fourth-order valence-corrected chi connectivity index (χ4v) is 15.0. The maximum Gasteiger partial charge on any atom is 0.252 e. The van der Waals surface area contributed by atoms with Gasteiger partial charge in [-0.1, -0.05) is 238 Å². The Balaban J connectivity index is 0.847. The zero-order chi connectivity index (χ0) is 60.3. The van der Waals surface area contributed by atoms with Crippen LogP contribution in [-0.2, 0) is 5.41 Å². The van der Waals surface area contributed by atoms with Gasteiger partial charge in [0.1, 0.15) is 0 Å². The van der Waals surface area contributed by atoms with E-state index in [1.807, 2.05) is 36.4 Å². The Labute approximate surface area is 529 Å². The highest BCUT2D eigenvalue weighted by atomic mass is 15.2. The molecule has 0 amide bonds. The number of anilines is 6. The first-order valence-electron chi connectivity index (χ1n) is 31.4. The SMILES string of the molecule is CC1(C)c2ccccc2-c2cc3c4ccccc4n(-c4c(-c5cccc(-c6cccc(-c7cc8c9c(c7)N(c7ccccc7)c7ccccc7B9c7ccccc7N8c7ccccc7)c6)c5)cccc4-c4nc(-c5ccccc5)nc(-c5ccccc5)n4)c3cc21. The molecule has 7 heteroatoms. The van der Waals surface area contributed by atoms with Crippen molar-refractivity contribution in [3.63, 3.8) is 0 Å². The topological polar surface area (TPSA) is 50.1 Å². The van der Waals surface area contributed by atoms with E-state index in [-0.39, 0.29) is 12.1 Å². The van der Waals surface area contributed by atoms with Gasteiger partial charge in [0, 0.05) is 72.6 Å². The third kappa shape index (κ3) is 8.31. The molecule has 15 aromatic rings. The minimum Gasteiger partial charge on any atom is -0.311 e. The molecule has 0 bridgehead atoms. The summed E-state index contributed by atoms with van der Waals surface area (Å²) in [6.07, 6.45) is 0. The molecule has 2 aliphatic heterocycles. The first kappa shape index (κ1) is 52.5. The molecule has 0 radical (unpaired) electrons. The molecule has 4 heterocycles. The largest absolute Gasteiger partial charge is 0.311 e. The van der Waals surface area contributed by atoms with Gasteiger partial charge in [0.25, 0.3) is 6.71 Å². The van der Waals surface area contributed by atoms with Crippen LogP contribution in [0.3, 0.4) is 0 Å². The lowest BCUT2D eigenvalue weighted by atomic mass is 9.33. The molecule has 0 unspecified atom stereocenters. The Hall–Kier alpha value is -11.7. The zero-order valence-electron chi connectivity index (χ0n) is 50.2. The summed E-state index contributed by atoms with van der Waals surface area (Å²) in [6.45, 7) is 4.76. The number of benzene rings is 13. The number of rotatable bonds is 9. The van der Waals surface area contributed by atoms with Gasteiger partial charge in [0.05, 0.1) is 16.7 Å². The number of aromatic nitrogens is 4. The molecule has 0 spiro atoms. The van der Waals surface area contributed by atoms with Gasteiger partial charge in [-0.2, -0.15) is 0 Å². The minimum absolute atomic E-state index is 0.0260. The summed E-state index contributed by atoms with van der Waals surface area (Å²) < 4.78 is 2.50. The average molecular weight is 1160 g/mol. The van der Waals surface area contributed by atoms with Crippen molar-refractivity contribution in [2.45, 2.75) is 19.3 Å². The van der Waals surface area contributed by atoms with E-state index in [2.05, 4.69) is 301 Å². The van der Waals surface area contributed by atoms with Gasteiger partial charge >= 0.3 is 0 Å². The molecular weight excluding hydrogens is 1100 g/mol. The van der Waals surface area contributed by atoms with Crippen molar-refractivity contribution in [3.05, 3.63) is 321 Å². The predicted molar refractivity (Wildman–Crippen MR) is 378 cm³/mol. The van der Waals surface area contributed by atoms with Crippen LogP contribution in [0.15, 0.2) is 309 Å². The molecule has 0 atom stereocenters. The number of hydrogen-bond donors (Lipinski definition) is 0. The molecule has 13 aromatic carbocycles. The second kappa shape index (κ2) is 20.7. The van der Waals surface area contributed by atoms with E-state index in [0.717, 1.165) is 78.2 Å². The van der Waals surface area contributed by atoms with Crippen molar-refractivity contribution in [2.75, 3.05) is 9.80 Å². The molecule has 426 valence electrons. The molecule has 0 saturated carbocycles. The molecule has 0 fully saturated rings. The maximum absolute atomic E-state index is 5.45. The number of hydrogen-bond acceptors (Lipinski definition) is 5. The van der Waals surface area contributed by atoms with Crippen LogP contribution in [0.1, 0.15) is 25.0 Å². The van der Waals surface area contributed by atoms with E-state index >= 15 is 0 Å². The number of nitrogens with zero attached hydrogens (tertiary/aromatic N) is 6. The summed E-state index contributed by atoms with van der Waals surface area (Å²) in [5, 5.41) is 2.37. The van der Waals surface area contributed by atoms with Crippen molar-refractivity contribution in [2.24, 2.45) is 0 Å². The normalized spacial score (nSPS) is 13.2. The minimum atomic E-state index is -0.228. The van der Waals surface area contributed by atoms with Crippen LogP contribution in [0.5, 0.6) is 0 Å². The summed E-state index contributed by atoms with van der Waals surface area (Å²) in [5.41, 5.74) is 28.4. The molecule has 18 rings (SSSR count). The van der Waals surface area contributed by atoms with Crippen LogP contribution in [0.2, 0.25) is 0 Å². The molecule has 91 heavy (non-hydrogen) atoms. The smallest absolute Gasteiger partial charge is 0.252 e. The summed E-state index contributed by atoms with van der Waals surface area (Å²) >= 11 is 0. The standard InChI is InChI=1S/C84H57BN6/c1-84(2)69-42-17-15-38-64(69)67-52-68-65-39-16-20-45-73(65)91(76(68)53-70(67)84)80-63(40-25-41-66(80)83-87-81(54-26-7-3-8-27-54)86-82(88-83)55-28-9-4-10-29-55)59-33-24-31-57(49-59)56-30-23-32-58(48-56)60-50-77-79-78(51-60)90(62-36-13-6-14-37-62)75-47-22-19-44-72(75)85(79)71-43-18-21-46-74(71)89(77)61-34-11-5-12-35-61/h3-53H,1-2H3. The van der Waals surface area contributed by atoms with Crippen molar-refractivity contribution in [1.29, 1.82) is 0 Å². The van der Waals surface area contributed by atoms with Gasteiger partial charge in [0.15, 0.2) is 17.5 Å². The van der Waals surface area contributed by atoms with Crippen molar-refractivity contribution < 1.29 is 0 Å².